The van der Waals surface area contributed by atoms with Gasteiger partial charge in [-0.2, -0.15) is 8.42 Å². The zero-order chi connectivity index (χ0) is 14.2. The van der Waals surface area contributed by atoms with Crippen LogP contribution in [-0.2, 0) is 17.1 Å². The van der Waals surface area contributed by atoms with Gasteiger partial charge in [0.2, 0.25) is 5.03 Å². The first kappa shape index (κ1) is 14.2. The average molecular weight is 320 g/mol. The smallest absolute Gasteiger partial charge is 0.282 e. The van der Waals surface area contributed by atoms with Crippen molar-refractivity contribution >= 4 is 38.9 Å². The fourth-order valence-electron chi connectivity index (χ4n) is 1.48. The maximum absolute atomic E-state index is 12.2. The lowest BCUT2D eigenvalue weighted by Gasteiger charge is -2.09. The summed E-state index contributed by atoms with van der Waals surface area (Å²) in [5.41, 5.74) is 1.18. The highest BCUT2D eigenvalue weighted by molar-refractivity contribution is 7.92. The number of aryl methyl sites for hydroxylation is 2. The lowest BCUT2D eigenvalue weighted by atomic mass is 10.2. The van der Waals surface area contributed by atoms with Gasteiger partial charge in [0.1, 0.15) is 5.15 Å². The van der Waals surface area contributed by atoms with Crippen LogP contribution in [0.25, 0.3) is 0 Å². The maximum atomic E-state index is 12.2. The molecule has 0 aliphatic rings. The van der Waals surface area contributed by atoms with Crippen molar-refractivity contribution in [2.75, 3.05) is 4.72 Å². The van der Waals surface area contributed by atoms with Gasteiger partial charge >= 0.3 is 0 Å². The van der Waals surface area contributed by atoms with Crippen molar-refractivity contribution in [1.82, 2.24) is 9.55 Å². The number of nitrogens with zero attached hydrogens (tertiary/aromatic N) is 2. The van der Waals surface area contributed by atoms with Crippen molar-refractivity contribution in [3.8, 4) is 0 Å². The van der Waals surface area contributed by atoms with Gasteiger partial charge in [-0.3, -0.25) is 4.72 Å². The monoisotopic (exact) mass is 319 g/mol. The quantitative estimate of drug-likeness (QED) is 0.946. The van der Waals surface area contributed by atoms with Gasteiger partial charge in [0.05, 0.1) is 17.0 Å². The van der Waals surface area contributed by atoms with Crippen molar-refractivity contribution in [2.45, 2.75) is 11.9 Å². The Kier molecular flexibility index (Phi) is 3.75. The molecule has 0 bridgehead atoms. The highest BCUT2D eigenvalue weighted by atomic mass is 35.5. The van der Waals surface area contributed by atoms with Crippen molar-refractivity contribution in [2.24, 2.45) is 7.05 Å². The van der Waals surface area contributed by atoms with Gasteiger partial charge in [-0.25, -0.2) is 4.98 Å². The van der Waals surface area contributed by atoms with Gasteiger partial charge in [-0.15, -0.1) is 0 Å². The molecule has 5 nitrogen and oxygen atoms in total. The summed E-state index contributed by atoms with van der Waals surface area (Å²) in [5.74, 6) is 0. The molecule has 0 amide bonds. The van der Waals surface area contributed by atoms with E-state index >= 15 is 0 Å². The molecule has 2 aromatic rings. The molecular formula is C11H11Cl2N3O2S. The zero-order valence-corrected chi connectivity index (χ0v) is 12.5. The highest BCUT2D eigenvalue weighted by Crippen LogP contribution is 2.27. The molecule has 1 N–H and O–H groups in total. The predicted molar refractivity (Wildman–Crippen MR) is 75.2 cm³/mol. The molecule has 0 saturated heterocycles. The van der Waals surface area contributed by atoms with Gasteiger partial charge in [-0.1, -0.05) is 29.3 Å². The number of rotatable bonds is 3. The van der Waals surface area contributed by atoms with E-state index in [-0.39, 0.29) is 10.2 Å². The van der Waals surface area contributed by atoms with Crippen molar-refractivity contribution < 1.29 is 8.42 Å². The fourth-order valence-corrected chi connectivity index (χ4v) is 3.21. The third-order valence-electron chi connectivity index (χ3n) is 2.46. The first-order valence-electron chi connectivity index (χ1n) is 5.27. The Morgan fingerprint density at radius 2 is 2.00 bits per heavy atom. The van der Waals surface area contributed by atoms with Crippen LogP contribution >= 0.6 is 23.2 Å². The van der Waals surface area contributed by atoms with E-state index in [1.54, 1.807) is 25.2 Å². The Labute approximate surface area is 121 Å². The number of hydrogen-bond donors (Lipinski definition) is 1. The summed E-state index contributed by atoms with van der Waals surface area (Å²) < 4.78 is 28.1. The third-order valence-corrected chi connectivity index (χ3v) is 4.64. The number of halogens is 2. The van der Waals surface area contributed by atoms with Gasteiger partial charge in [0, 0.05) is 7.05 Å². The van der Waals surface area contributed by atoms with E-state index in [0.29, 0.717) is 10.7 Å². The molecule has 0 fully saturated rings. The van der Waals surface area contributed by atoms with E-state index in [1.807, 2.05) is 6.92 Å². The number of aromatic nitrogens is 2. The molecule has 102 valence electrons. The molecule has 1 aromatic carbocycles. The third kappa shape index (κ3) is 2.86. The first-order chi connectivity index (χ1) is 8.81. The molecule has 0 radical (unpaired) electrons. The van der Waals surface area contributed by atoms with E-state index in [0.717, 1.165) is 5.56 Å². The molecule has 1 aromatic heterocycles. The topological polar surface area (TPSA) is 64.0 Å². The minimum atomic E-state index is -3.86. The minimum absolute atomic E-state index is 0.0382. The number of nitrogens with one attached hydrogen (secondary N) is 1. The molecule has 0 atom stereocenters. The summed E-state index contributed by atoms with van der Waals surface area (Å²) in [6.07, 6.45) is 1.33. The maximum Gasteiger partial charge on any atom is 0.282 e. The van der Waals surface area contributed by atoms with E-state index in [1.165, 1.54) is 10.9 Å². The molecule has 0 unspecified atom stereocenters. The Hall–Kier alpha value is -1.24. The van der Waals surface area contributed by atoms with Crippen LogP contribution in [0.15, 0.2) is 29.6 Å². The highest BCUT2D eigenvalue weighted by Gasteiger charge is 2.23. The van der Waals surface area contributed by atoms with Crippen LogP contribution in [0, 0.1) is 6.92 Å². The standard InChI is InChI=1S/C11H11Cl2N3O2S/c1-7-3-4-8(12)9(5-7)15-19(17,18)11-10(13)16(2)6-14-11/h3-6,15H,1-2H3. The van der Waals surface area contributed by atoms with E-state index < -0.39 is 10.0 Å². The lowest BCUT2D eigenvalue weighted by molar-refractivity contribution is 0.598. The summed E-state index contributed by atoms with van der Waals surface area (Å²) in [5, 5.41) is 0.117. The molecule has 0 aliphatic carbocycles. The van der Waals surface area contributed by atoms with Gasteiger partial charge in [-0.05, 0) is 24.6 Å². The minimum Gasteiger partial charge on any atom is -0.324 e. The number of imidazole rings is 1. The van der Waals surface area contributed by atoms with E-state index in [2.05, 4.69) is 9.71 Å². The van der Waals surface area contributed by atoms with Gasteiger partial charge in [0.15, 0.2) is 0 Å². The number of anilines is 1. The van der Waals surface area contributed by atoms with Crippen LogP contribution in [-0.4, -0.2) is 18.0 Å². The lowest BCUT2D eigenvalue weighted by Crippen LogP contribution is -2.14. The number of sulfonamides is 1. The van der Waals surface area contributed by atoms with Crippen LogP contribution < -0.4 is 4.72 Å². The largest absolute Gasteiger partial charge is 0.324 e. The summed E-state index contributed by atoms with van der Waals surface area (Å²) in [6.45, 7) is 1.84. The molecule has 19 heavy (non-hydrogen) atoms. The average Bonchev–Trinajstić information content (AvgIpc) is 2.65. The molecule has 0 spiro atoms. The zero-order valence-electron chi connectivity index (χ0n) is 10.2. The molecule has 1 heterocycles. The first-order valence-corrected chi connectivity index (χ1v) is 7.51. The Balaban J connectivity index is 2.42. The molecule has 0 aliphatic heterocycles. The van der Waals surface area contributed by atoms with E-state index in [4.69, 9.17) is 23.2 Å². The molecule has 2 rings (SSSR count). The second kappa shape index (κ2) is 5.03. The van der Waals surface area contributed by atoms with Crippen LogP contribution in [0.2, 0.25) is 10.2 Å². The fraction of sp³-hybridized carbons (Fsp3) is 0.182. The summed E-state index contributed by atoms with van der Waals surface area (Å²) in [4.78, 5) is 3.77. The van der Waals surface area contributed by atoms with Gasteiger partial charge in [0.25, 0.3) is 10.0 Å². The Morgan fingerprint density at radius 3 is 2.58 bits per heavy atom. The van der Waals surface area contributed by atoms with E-state index in [9.17, 15) is 8.42 Å². The second-order valence-corrected chi connectivity index (χ2v) is 6.40. The van der Waals surface area contributed by atoms with Crippen LogP contribution in [0.5, 0.6) is 0 Å². The SMILES string of the molecule is Cc1ccc(Cl)c(NS(=O)(=O)c2ncn(C)c2Cl)c1. The number of hydrogen-bond acceptors (Lipinski definition) is 3. The second-order valence-electron chi connectivity index (χ2n) is 4.04. The van der Waals surface area contributed by atoms with Crippen molar-refractivity contribution in [3.05, 3.63) is 40.3 Å². The summed E-state index contributed by atoms with van der Waals surface area (Å²) in [7, 11) is -2.26. The Morgan fingerprint density at radius 1 is 1.32 bits per heavy atom. The van der Waals surface area contributed by atoms with Crippen molar-refractivity contribution in [1.29, 1.82) is 0 Å². The number of benzene rings is 1. The molecule has 0 saturated carbocycles. The predicted octanol–water partition coefficient (Wildman–Crippen LogP) is 2.84. The van der Waals surface area contributed by atoms with Crippen molar-refractivity contribution in [3.63, 3.8) is 0 Å². The summed E-state index contributed by atoms with van der Waals surface area (Å²) in [6, 6.07) is 5.04. The van der Waals surface area contributed by atoms with Gasteiger partial charge < -0.3 is 4.57 Å². The Bertz CT molecular complexity index is 726. The molecular weight excluding hydrogens is 309 g/mol. The molecule has 8 heteroatoms. The van der Waals surface area contributed by atoms with Crippen LogP contribution in [0.3, 0.4) is 0 Å². The summed E-state index contributed by atoms with van der Waals surface area (Å²) >= 11 is 11.8. The van der Waals surface area contributed by atoms with Crippen LogP contribution in [0.1, 0.15) is 5.56 Å². The van der Waals surface area contributed by atoms with Crippen LogP contribution in [0.4, 0.5) is 5.69 Å². The normalized spacial score (nSPS) is 11.6.